The second-order valence-corrected chi connectivity index (χ2v) is 18.8. The number of hydrogen-bond acceptors (Lipinski definition) is 0. The van der Waals surface area contributed by atoms with Crippen molar-refractivity contribution >= 4 is 32.5 Å². The van der Waals surface area contributed by atoms with Crippen molar-refractivity contribution in [2.45, 2.75) is 45.3 Å². The van der Waals surface area contributed by atoms with Crippen molar-refractivity contribution in [3.05, 3.63) is 53.7 Å². The minimum atomic E-state index is -1.23. The van der Waals surface area contributed by atoms with Gasteiger partial charge >= 0.3 is 0 Å². The molecule has 2 heteroatoms. The lowest BCUT2D eigenvalue weighted by Gasteiger charge is -2.23. The average Bonchev–Trinajstić information content (AvgIpc) is 2.34. The first kappa shape index (κ1) is 16.2. The number of benzene rings is 2. The summed E-state index contributed by atoms with van der Waals surface area (Å²) < 4.78 is 0. The van der Waals surface area contributed by atoms with Crippen LogP contribution in [0.15, 0.2) is 48.2 Å². The Hall–Kier alpha value is -1.13. The molecule has 0 fully saturated rings. The molecular formula is C19H28Si2. The molecule has 0 amide bonds. The van der Waals surface area contributed by atoms with Gasteiger partial charge in [0.15, 0.2) is 0 Å². The SMILES string of the molecule is C[Si](C)(C)/C=C(/C[Si](C)(C)C)c1cccc2ccccc12. The lowest BCUT2D eigenvalue weighted by Crippen LogP contribution is -2.22. The summed E-state index contributed by atoms with van der Waals surface area (Å²) in [4.78, 5) is 0. The highest BCUT2D eigenvalue weighted by atomic mass is 28.3. The van der Waals surface area contributed by atoms with Crippen molar-refractivity contribution < 1.29 is 0 Å². The summed E-state index contributed by atoms with van der Waals surface area (Å²) in [6.07, 6.45) is 0. The van der Waals surface area contributed by atoms with E-state index in [1.807, 2.05) is 0 Å². The van der Waals surface area contributed by atoms with Gasteiger partial charge in [0.25, 0.3) is 0 Å². The highest BCUT2D eigenvalue weighted by molar-refractivity contribution is 6.83. The zero-order chi connectivity index (χ0) is 15.7. The molecule has 0 unspecified atom stereocenters. The summed E-state index contributed by atoms with van der Waals surface area (Å²) in [5.41, 5.74) is 5.66. The molecule has 0 saturated heterocycles. The predicted molar refractivity (Wildman–Crippen MR) is 103 cm³/mol. The zero-order valence-corrected chi connectivity index (χ0v) is 16.3. The highest BCUT2D eigenvalue weighted by Crippen LogP contribution is 2.32. The van der Waals surface area contributed by atoms with Crippen LogP contribution in [0.25, 0.3) is 16.3 Å². The van der Waals surface area contributed by atoms with Gasteiger partial charge in [-0.05, 0) is 22.4 Å². The van der Waals surface area contributed by atoms with Crippen molar-refractivity contribution in [2.75, 3.05) is 0 Å². The molecule has 0 aliphatic rings. The maximum atomic E-state index is 2.62. The van der Waals surface area contributed by atoms with Crippen LogP contribution in [0.2, 0.25) is 45.3 Å². The monoisotopic (exact) mass is 312 g/mol. The molecule has 21 heavy (non-hydrogen) atoms. The van der Waals surface area contributed by atoms with Gasteiger partial charge in [0.05, 0.1) is 8.07 Å². The van der Waals surface area contributed by atoms with E-state index >= 15 is 0 Å². The molecule has 0 bridgehead atoms. The Bertz CT molecular complexity index is 650. The molecule has 0 N–H and O–H groups in total. The van der Waals surface area contributed by atoms with Crippen LogP contribution in [-0.4, -0.2) is 16.1 Å². The van der Waals surface area contributed by atoms with Crippen molar-refractivity contribution in [3.8, 4) is 0 Å². The lowest BCUT2D eigenvalue weighted by atomic mass is 10.0. The lowest BCUT2D eigenvalue weighted by molar-refractivity contribution is 1.50. The third-order valence-electron chi connectivity index (χ3n) is 3.46. The average molecular weight is 313 g/mol. The summed E-state index contributed by atoms with van der Waals surface area (Å²) in [6, 6.07) is 16.8. The number of fused-ring (bicyclic) bond motifs is 1. The Labute approximate surface area is 131 Å². The predicted octanol–water partition coefficient (Wildman–Crippen LogP) is 6.44. The Morgan fingerprint density at radius 3 is 2.10 bits per heavy atom. The molecular weight excluding hydrogens is 284 g/mol. The third-order valence-corrected chi connectivity index (χ3v) is 6.12. The Kier molecular flexibility index (Phi) is 4.59. The summed E-state index contributed by atoms with van der Waals surface area (Å²) in [6.45, 7) is 14.7. The quantitative estimate of drug-likeness (QED) is 0.570. The molecule has 0 atom stereocenters. The van der Waals surface area contributed by atoms with Gasteiger partial charge in [-0.15, -0.1) is 0 Å². The topological polar surface area (TPSA) is 0 Å². The van der Waals surface area contributed by atoms with Gasteiger partial charge in [-0.1, -0.05) is 93.0 Å². The molecule has 0 aliphatic heterocycles. The number of rotatable bonds is 4. The fourth-order valence-corrected chi connectivity index (χ4v) is 5.77. The largest absolute Gasteiger partial charge is 0.0915 e. The summed E-state index contributed by atoms with van der Waals surface area (Å²) in [5, 5.41) is 2.76. The van der Waals surface area contributed by atoms with Crippen LogP contribution in [-0.2, 0) is 0 Å². The number of allylic oxidation sites excluding steroid dienone is 1. The van der Waals surface area contributed by atoms with Gasteiger partial charge in [-0.2, -0.15) is 0 Å². The van der Waals surface area contributed by atoms with E-state index < -0.39 is 16.1 Å². The normalized spacial score (nSPS) is 13.7. The maximum Gasteiger partial charge on any atom is 0.0690 e. The van der Waals surface area contributed by atoms with Gasteiger partial charge in [-0.25, -0.2) is 0 Å². The van der Waals surface area contributed by atoms with Crippen LogP contribution in [0, 0.1) is 0 Å². The van der Waals surface area contributed by atoms with Crippen molar-refractivity contribution in [1.82, 2.24) is 0 Å². The first-order valence-corrected chi connectivity index (χ1v) is 15.1. The van der Waals surface area contributed by atoms with Crippen LogP contribution in [0.5, 0.6) is 0 Å². The summed E-state index contributed by atoms with van der Waals surface area (Å²) in [7, 11) is -2.37. The fraction of sp³-hybridized carbons (Fsp3) is 0.368. The van der Waals surface area contributed by atoms with Crippen LogP contribution in [0.4, 0.5) is 0 Å². The molecule has 0 spiro atoms. The number of hydrogen-bond donors (Lipinski definition) is 0. The van der Waals surface area contributed by atoms with E-state index in [0.717, 1.165) is 0 Å². The van der Waals surface area contributed by atoms with Crippen LogP contribution in [0.1, 0.15) is 5.56 Å². The molecule has 0 aliphatic carbocycles. The first-order valence-electron chi connectivity index (χ1n) is 7.86. The minimum Gasteiger partial charge on any atom is -0.0915 e. The molecule has 0 radical (unpaired) electrons. The molecule has 0 saturated carbocycles. The standard InChI is InChI=1S/C19H28Si2/c1-20(2,3)14-17(15-21(4,5)6)19-13-9-11-16-10-7-8-12-18(16)19/h7-14H,15H2,1-6H3/b17-14-. The summed E-state index contributed by atoms with van der Waals surface area (Å²) >= 11 is 0. The smallest absolute Gasteiger partial charge is 0.0690 e. The second-order valence-electron chi connectivity index (χ2n) is 8.30. The Balaban J connectivity index is 2.62. The van der Waals surface area contributed by atoms with E-state index in [4.69, 9.17) is 0 Å². The van der Waals surface area contributed by atoms with E-state index in [1.54, 1.807) is 5.57 Å². The van der Waals surface area contributed by atoms with Gasteiger partial charge in [-0.3, -0.25) is 0 Å². The molecule has 0 heterocycles. The second kappa shape index (κ2) is 5.94. The van der Waals surface area contributed by atoms with Crippen molar-refractivity contribution in [2.24, 2.45) is 0 Å². The van der Waals surface area contributed by atoms with Gasteiger partial charge < -0.3 is 0 Å². The minimum absolute atomic E-state index is 1.14. The summed E-state index contributed by atoms with van der Waals surface area (Å²) in [5.74, 6) is 0. The van der Waals surface area contributed by atoms with Crippen LogP contribution >= 0.6 is 0 Å². The van der Waals surface area contributed by atoms with Gasteiger partial charge in [0.1, 0.15) is 0 Å². The first-order chi connectivity index (χ1) is 9.66. The van der Waals surface area contributed by atoms with E-state index in [0.29, 0.717) is 0 Å². The highest BCUT2D eigenvalue weighted by Gasteiger charge is 2.20. The van der Waals surface area contributed by atoms with Crippen LogP contribution in [0.3, 0.4) is 0 Å². The molecule has 0 aromatic heterocycles. The van der Waals surface area contributed by atoms with Crippen molar-refractivity contribution in [3.63, 3.8) is 0 Å². The van der Waals surface area contributed by atoms with Gasteiger partial charge in [0.2, 0.25) is 0 Å². The van der Waals surface area contributed by atoms with E-state index in [2.05, 4.69) is 87.4 Å². The fourth-order valence-electron chi connectivity index (χ4n) is 2.82. The molecule has 2 aromatic rings. The zero-order valence-electron chi connectivity index (χ0n) is 14.3. The molecule has 112 valence electrons. The van der Waals surface area contributed by atoms with E-state index in [-0.39, 0.29) is 0 Å². The molecule has 0 nitrogen and oxygen atoms in total. The Morgan fingerprint density at radius 1 is 0.857 bits per heavy atom. The van der Waals surface area contributed by atoms with Crippen molar-refractivity contribution in [1.29, 1.82) is 0 Å². The Morgan fingerprint density at radius 2 is 1.48 bits per heavy atom. The molecule has 2 aromatic carbocycles. The van der Waals surface area contributed by atoms with E-state index in [1.165, 1.54) is 22.4 Å². The van der Waals surface area contributed by atoms with E-state index in [9.17, 15) is 0 Å². The molecule has 2 rings (SSSR count). The van der Waals surface area contributed by atoms with Crippen LogP contribution < -0.4 is 0 Å². The van der Waals surface area contributed by atoms with Gasteiger partial charge in [0, 0.05) is 8.07 Å². The third kappa shape index (κ3) is 4.68. The maximum absolute atomic E-state index is 2.62.